The Labute approximate surface area is 192 Å². The molecule has 0 spiro atoms. The Bertz CT molecular complexity index is 1360. The van der Waals surface area contributed by atoms with Gasteiger partial charge in [-0.15, -0.1) is 11.3 Å². The quantitative estimate of drug-likeness (QED) is 0.345. The summed E-state index contributed by atoms with van der Waals surface area (Å²) in [4.78, 5) is 26.4. The molecule has 6 nitrogen and oxygen atoms in total. The summed E-state index contributed by atoms with van der Waals surface area (Å²) in [6.07, 6.45) is -0.596. The van der Waals surface area contributed by atoms with Gasteiger partial charge in [-0.3, -0.25) is 0 Å². The maximum Gasteiger partial charge on any atom is 0.409 e. The van der Waals surface area contributed by atoms with Crippen molar-refractivity contribution < 1.29 is 27.8 Å². The largest absolute Gasteiger partial charge is 0.461 e. The SMILES string of the molecule is CCOC(=O)c1c(CN(C)C(=O)OC)c2cc(F)ccc2n1Cc1csc2ccc(F)cc12. The predicted molar refractivity (Wildman–Crippen MR) is 123 cm³/mol. The fraction of sp³-hybridized carbons (Fsp3) is 0.250. The van der Waals surface area contributed by atoms with Crippen molar-refractivity contribution in [3.05, 3.63) is 70.2 Å². The molecular formula is C24H22F2N2O4S. The third kappa shape index (κ3) is 4.28. The maximum absolute atomic E-state index is 14.2. The van der Waals surface area contributed by atoms with Crippen molar-refractivity contribution in [2.45, 2.75) is 20.0 Å². The van der Waals surface area contributed by atoms with E-state index in [4.69, 9.17) is 9.47 Å². The number of esters is 1. The van der Waals surface area contributed by atoms with Crippen LogP contribution in [0.15, 0.2) is 41.8 Å². The molecule has 4 aromatic rings. The molecule has 0 unspecified atom stereocenters. The van der Waals surface area contributed by atoms with Gasteiger partial charge in [0.1, 0.15) is 17.3 Å². The van der Waals surface area contributed by atoms with E-state index in [9.17, 15) is 18.4 Å². The van der Waals surface area contributed by atoms with Crippen LogP contribution in [0.2, 0.25) is 0 Å². The summed E-state index contributed by atoms with van der Waals surface area (Å²) in [5, 5.41) is 3.14. The van der Waals surface area contributed by atoms with Crippen LogP contribution in [0.25, 0.3) is 21.0 Å². The van der Waals surface area contributed by atoms with E-state index < -0.39 is 17.9 Å². The van der Waals surface area contributed by atoms with Crippen LogP contribution in [0.3, 0.4) is 0 Å². The number of halogens is 2. The molecule has 2 heterocycles. The molecule has 172 valence electrons. The lowest BCUT2D eigenvalue weighted by Crippen LogP contribution is -2.27. The van der Waals surface area contributed by atoms with Crippen LogP contribution in [0.5, 0.6) is 0 Å². The van der Waals surface area contributed by atoms with Crippen molar-refractivity contribution in [3.63, 3.8) is 0 Å². The number of benzene rings is 2. The van der Waals surface area contributed by atoms with Crippen LogP contribution in [0, 0.1) is 11.6 Å². The summed E-state index contributed by atoms with van der Waals surface area (Å²) in [5.41, 5.74) is 2.07. The third-order valence-electron chi connectivity index (χ3n) is 5.42. The van der Waals surface area contributed by atoms with E-state index in [1.165, 1.54) is 54.7 Å². The molecule has 0 saturated heterocycles. The zero-order valence-corrected chi connectivity index (χ0v) is 19.2. The second-order valence-corrected chi connectivity index (χ2v) is 8.43. The first kappa shape index (κ1) is 22.7. The van der Waals surface area contributed by atoms with Gasteiger partial charge in [0.2, 0.25) is 0 Å². The highest BCUT2D eigenvalue weighted by molar-refractivity contribution is 7.17. The van der Waals surface area contributed by atoms with E-state index in [0.29, 0.717) is 16.5 Å². The molecule has 4 rings (SSSR count). The third-order valence-corrected chi connectivity index (χ3v) is 6.44. The lowest BCUT2D eigenvalue weighted by molar-refractivity contribution is 0.0512. The van der Waals surface area contributed by atoms with E-state index in [1.54, 1.807) is 23.6 Å². The predicted octanol–water partition coefficient (Wildman–Crippen LogP) is 5.56. The van der Waals surface area contributed by atoms with Crippen LogP contribution in [0.1, 0.15) is 28.5 Å². The Morgan fingerprint density at radius 1 is 1.09 bits per heavy atom. The van der Waals surface area contributed by atoms with Gasteiger partial charge in [-0.05, 0) is 54.3 Å². The molecule has 9 heteroatoms. The first-order valence-electron chi connectivity index (χ1n) is 10.3. The minimum absolute atomic E-state index is 0.00673. The summed E-state index contributed by atoms with van der Waals surface area (Å²) in [6, 6.07) is 8.81. The van der Waals surface area contributed by atoms with Crippen LogP contribution in [-0.2, 0) is 22.6 Å². The number of fused-ring (bicyclic) bond motifs is 2. The molecule has 0 bridgehead atoms. The number of carbonyl (C=O) groups is 2. The van der Waals surface area contributed by atoms with Crippen molar-refractivity contribution in [1.82, 2.24) is 9.47 Å². The van der Waals surface area contributed by atoms with E-state index in [1.807, 2.05) is 5.38 Å². The summed E-state index contributed by atoms with van der Waals surface area (Å²) in [7, 11) is 2.78. The highest BCUT2D eigenvalue weighted by Gasteiger charge is 2.27. The van der Waals surface area contributed by atoms with Crippen LogP contribution >= 0.6 is 11.3 Å². The minimum atomic E-state index is -0.596. The van der Waals surface area contributed by atoms with Gasteiger partial charge >= 0.3 is 12.1 Å². The van der Waals surface area contributed by atoms with Gasteiger partial charge in [-0.25, -0.2) is 18.4 Å². The summed E-state index contributed by atoms with van der Waals surface area (Å²) in [5.74, 6) is -1.42. The van der Waals surface area contributed by atoms with Gasteiger partial charge in [-0.1, -0.05) is 0 Å². The molecule has 2 aromatic heterocycles. The topological polar surface area (TPSA) is 60.8 Å². The average molecular weight is 473 g/mol. The molecule has 2 aromatic carbocycles. The van der Waals surface area contributed by atoms with Crippen molar-refractivity contribution in [1.29, 1.82) is 0 Å². The minimum Gasteiger partial charge on any atom is -0.461 e. The fourth-order valence-corrected chi connectivity index (χ4v) is 4.89. The Hall–Kier alpha value is -3.46. The van der Waals surface area contributed by atoms with Gasteiger partial charge in [-0.2, -0.15) is 0 Å². The van der Waals surface area contributed by atoms with E-state index in [0.717, 1.165) is 15.6 Å². The Morgan fingerprint density at radius 3 is 2.48 bits per heavy atom. The van der Waals surface area contributed by atoms with E-state index >= 15 is 0 Å². The lowest BCUT2D eigenvalue weighted by atomic mass is 10.1. The summed E-state index contributed by atoms with van der Waals surface area (Å²) in [6.45, 7) is 2.09. The van der Waals surface area contributed by atoms with Crippen molar-refractivity contribution in [3.8, 4) is 0 Å². The van der Waals surface area contributed by atoms with Crippen molar-refractivity contribution in [2.24, 2.45) is 0 Å². The van der Waals surface area contributed by atoms with Gasteiger partial charge in [0, 0.05) is 40.1 Å². The number of carbonyl (C=O) groups excluding carboxylic acids is 2. The number of rotatable bonds is 6. The van der Waals surface area contributed by atoms with E-state index in [2.05, 4.69) is 0 Å². The number of hydrogen-bond donors (Lipinski definition) is 0. The monoisotopic (exact) mass is 472 g/mol. The van der Waals surface area contributed by atoms with Gasteiger partial charge in [0.05, 0.1) is 20.3 Å². The average Bonchev–Trinajstić information content (AvgIpc) is 3.32. The molecule has 0 atom stereocenters. The number of hydrogen-bond acceptors (Lipinski definition) is 5. The highest BCUT2D eigenvalue weighted by Crippen LogP contribution is 2.33. The Balaban J connectivity index is 1.93. The molecule has 0 aliphatic rings. The zero-order valence-electron chi connectivity index (χ0n) is 18.4. The first-order valence-corrected chi connectivity index (χ1v) is 11.1. The molecular weight excluding hydrogens is 450 g/mol. The Kier molecular flexibility index (Phi) is 6.33. The molecule has 33 heavy (non-hydrogen) atoms. The van der Waals surface area contributed by atoms with Gasteiger partial charge in [0.25, 0.3) is 0 Å². The smallest absolute Gasteiger partial charge is 0.409 e. The van der Waals surface area contributed by atoms with Gasteiger partial charge < -0.3 is 18.9 Å². The number of ether oxygens (including phenoxy) is 2. The molecule has 0 aliphatic carbocycles. The number of aromatic nitrogens is 1. The standard InChI is InChI=1S/C24H22F2N2O4S/c1-4-32-23(29)22-19(12-27(2)24(30)31-3)18-10-15(25)5-7-20(18)28(22)11-14-13-33-21-8-6-16(26)9-17(14)21/h5-10,13H,4,11-12H2,1-3H3. The zero-order chi connectivity index (χ0) is 23.7. The molecule has 0 saturated carbocycles. The number of thiophene rings is 1. The molecule has 0 aliphatic heterocycles. The van der Waals surface area contributed by atoms with Crippen LogP contribution in [-0.4, -0.2) is 42.3 Å². The van der Waals surface area contributed by atoms with Crippen molar-refractivity contribution in [2.75, 3.05) is 20.8 Å². The second kappa shape index (κ2) is 9.19. The number of amides is 1. The van der Waals surface area contributed by atoms with Gasteiger partial charge in [0.15, 0.2) is 0 Å². The highest BCUT2D eigenvalue weighted by atomic mass is 32.1. The molecule has 1 amide bonds. The van der Waals surface area contributed by atoms with Crippen LogP contribution in [0.4, 0.5) is 13.6 Å². The maximum atomic E-state index is 14.2. The van der Waals surface area contributed by atoms with E-state index in [-0.39, 0.29) is 31.2 Å². The molecule has 0 fully saturated rings. The van der Waals surface area contributed by atoms with Crippen LogP contribution < -0.4 is 0 Å². The molecule has 0 radical (unpaired) electrons. The normalized spacial score (nSPS) is 11.2. The summed E-state index contributed by atoms with van der Waals surface area (Å²) < 4.78 is 40.9. The number of nitrogens with zero attached hydrogens (tertiary/aromatic N) is 2. The molecule has 0 N–H and O–H groups in total. The first-order chi connectivity index (χ1) is 15.8. The lowest BCUT2D eigenvalue weighted by Gasteiger charge is -2.17. The number of methoxy groups -OCH3 is 1. The van der Waals surface area contributed by atoms with Crippen molar-refractivity contribution >= 4 is 44.4 Å². The summed E-state index contributed by atoms with van der Waals surface area (Å²) >= 11 is 1.47. The Morgan fingerprint density at radius 2 is 1.79 bits per heavy atom. The second-order valence-electron chi connectivity index (χ2n) is 7.52. The fourth-order valence-electron chi connectivity index (χ4n) is 3.96.